The predicted molar refractivity (Wildman–Crippen MR) is 171 cm³/mol. The van der Waals surface area contributed by atoms with Crippen LogP contribution in [0.2, 0.25) is 0 Å². The molecule has 5 heterocycles. The van der Waals surface area contributed by atoms with E-state index in [2.05, 4.69) is 27.1 Å². The van der Waals surface area contributed by atoms with Crippen LogP contribution in [-0.2, 0) is 28.3 Å². The van der Waals surface area contributed by atoms with Crippen molar-refractivity contribution in [2.45, 2.75) is 69.1 Å². The van der Waals surface area contributed by atoms with Crippen molar-refractivity contribution in [2.75, 3.05) is 37.7 Å². The number of amides is 1. The van der Waals surface area contributed by atoms with Crippen molar-refractivity contribution in [3.05, 3.63) is 60.7 Å². The van der Waals surface area contributed by atoms with Gasteiger partial charge in [-0.15, -0.1) is 0 Å². The van der Waals surface area contributed by atoms with Gasteiger partial charge < -0.3 is 26.7 Å². The minimum atomic E-state index is -0.921. The Bertz CT molecular complexity index is 1810. The number of aryl methyl sites for hydroxylation is 1. The number of halogens is 3. The molecule has 0 aliphatic carbocycles. The second-order valence-corrected chi connectivity index (χ2v) is 13.2. The van der Waals surface area contributed by atoms with E-state index in [1.807, 2.05) is 24.3 Å². The van der Waals surface area contributed by atoms with Crippen LogP contribution in [-0.4, -0.2) is 76.3 Å². The summed E-state index contributed by atoms with van der Waals surface area (Å²) in [6.45, 7) is 8.25. The summed E-state index contributed by atoms with van der Waals surface area (Å²) in [6, 6.07) is 8.50. The Kier molecular flexibility index (Phi) is 9.39. The Morgan fingerprint density at radius 1 is 1.15 bits per heavy atom. The molecule has 3 aliphatic rings. The molecule has 47 heavy (non-hydrogen) atoms. The zero-order chi connectivity index (χ0) is 32.1. The Hall–Kier alpha value is -3.47. The fourth-order valence-electron chi connectivity index (χ4n) is 7.86. The number of nitrogens with zero attached hydrogens (tertiary/aromatic N) is 5. The molecule has 4 aromatic rings. The van der Waals surface area contributed by atoms with Gasteiger partial charge in [0.1, 0.15) is 35.6 Å². The number of rotatable bonds is 9. The van der Waals surface area contributed by atoms with Crippen molar-refractivity contribution in [2.24, 2.45) is 0 Å². The monoisotopic (exact) mass is 685 g/mol. The van der Waals surface area contributed by atoms with Crippen molar-refractivity contribution < 1.29 is 39.8 Å². The van der Waals surface area contributed by atoms with E-state index in [9.17, 15) is 9.18 Å². The first-order chi connectivity index (χ1) is 22.2. The summed E-state index contributed by atoms with van der Waals surface area (Å²) in [6.07, 6.45) is 6.96. The van der Waals surface area contributed by atoms with Crippen LogP contribution in [0.3, 0.4) is 0 Å². The molecule has 2 aromatic heterocycles. The van der Waals surface area contributed by atoms with E-state index in [1.54, 1.807) is 24.4 Å². The third-order valence-corrected chi connectivity index (χ3v) is 10.0. The normalized spacial score (nSPS) is 24.4. The van der Waals surface area contributed by atoms with Crippen LogP contribution in [0.5, 0.6) is 6.01 Å². The zero-order valence-corrected chi connectivity index (χ0v) is 27.5. The minimum absolute atomic E-state index is 0. The summed E-state index contributed by atoms with van der Waals surface area (Å²) in [5.41, 5.74) is -0.0152. The van der Waals surface area contributed by atoms with E-state index in [-0.39, 0.29) is 46.7 Å². The second kappa shape index (κ2) is 13.2. The van der Waals surface area contributed by atoms with Gasteiger partial charge in [0.05, 0.1) is 10.9 Å². The minimum Gasteiger partial charge on any atom is -0.524 e. The molecule has 3 fully saturated rings. The fourth-order valence-corrected chi connectivity index (χ4v) is 7.86. The van der Waals surface area contributed by atoms with E-state index < -0.39 is 23.1 Å². The maximum atomic E-state index is 16.9. The first-order valence-electron chi connectivity index (χ1n) is 16.0. The molecule has 1 N–H and O–H groups in total. The molecule has 3 saturated heterocycles. The number of nitrogens with one attached hydrogen (secondary N) is 1. The van der Waals surface area contributed by atoms with Crippen molar-refractivity contribution in [3.63, 3.8) is 0 Å². The number of anilines is 1. The van der Waals surface area contributed by atoms with Crippen molar-refractivity contribution in [3.8, 4) is 17.3 Å². The number of pyridine rings is 1. The van der Waals surface area contributed by atoms with Gasteiger partial charge in [-0.3, -0.25) is 9.88 Å². The topological polar surface area (TPSA) is 83.5 Å². The summed E-state index contributed by atoms with van der Waals surface area (Å²) in [7, 11) is 0. The van der Waals surface area contributed by atoms with Gasteiger partial charge in [-0.2, -0.15) is 22.8 Å². The van der Waals surface area contributed by atoms with Crippen molar-refractivity contribution in [1.29, 1.82) is 0 Å². The van der Waals surface area contributed by atoms with Crippen molar-refractivity contribution in [1.82, 2.24) is 25.2 Å². The molecule has 1 radical (unpaired) electrons. The van der Waals surface area contributed by atoms with E-state index in [0.29, 0.717) is 66.6 Å². The van der Waals surface area contributed by atoms with Crippen LogP contribution < -0.4 is 15.0 Å². The number of alkyl halides is 1. The van der Waals surface area contributed by atoms with E-state index in [1.165, 1.54) is 6.07 Å². The molecule has 1 amide bonds. The van der Waals surface area contributed by atoms with Gasteiger partial charge in [0.15, 0.2) is 5.82 Å². The van der Waals surface area contributed by atoms with E-state index >= 15 is 8.78 Å². The number of fused-ring (bicyclic) bond motifs is 3. The molecule has 2 aromatic carbocycles. The predicted octanol–water partition coefficient (Wildman–Crippen LogP) is 5.86. The van der Waals surface area contributed by atoms with Gasteiger partial charge in [0.2, 0.25) is 0 Å². The number of carbonyl (C=O) groups excluding carboxylic acids is 1. The summed E-state index contributed by atoms with van der Waals surface area (Å²) < 4.78 is 52.7. The molecule has 8 nitrogen and oxygen atoms in total. The van der Waals surface area contributed by atoms with Gasteiger partial charge in [-0.05, 0) is 61.6 Å². The Balaban J connectivity index is 0.00000386. The van der Waals surface area contributed by atoms with Crippen LogP contribution in [0, 0.1) is 18.6 Å². The van der Waals surface area contributed by atoms with Crippen LogP contribution in [0.1, 0.15) is 51.0 Å². The van der Waals surface area contributed by atoms with E-state index in [0.717, 1.165) is 37.6 Å². The third kappa shape index (κ3) is 6.04. The van der Waals surface area contributed by atoms with Gasteiger partial charge in [0.25, 0.3) is 0 Å². The summed E-state index contributed by atoms with van der Waals surface area (Å²) in [5.74, 6) is -0.608. The molecule has 3 aliphatic heterocycles. The van der Waals surface area contributed by atoms with Crippen LogP contribution in [0.4, 0.5) is 19.0 Å². The molecule has 0 bridgehead atoms. The van der Waals surface area contributed by atoms with Gasteiger partial charge >= 0.3 is 23.1 Å². The number of hydrogen-bond acceptors (Lipinski definition) is 7. The quantitative estimate of drug-likeness (QED) is 0.134. The standard InChI is InChI=1S/C35H37F3N6O2.Mn/c1-3-7-24-27(37)11-10-22-8-4-9-25(28(22)24)30-29(38)31-26(17-39-30)32(43-14-5-12-34(2,19-43)40-21-45)42-33(41-31)46-20-35-13-6-15-44(35)18-23(36)16-35;/h4,8-11,17,23H,1,3,5-7,12-16,18-20H2,2H3,(H,40,45);/q-2;+2/t23-,34-,35+;/m1./s1. The maximum Gasteiger partial charge on any atom is 2.00 e. The molecule has 7 rings (SSSR count). The largest absolute Gasteiger partial charge is 2.00 e. The third-order valence-electron chi connectivity index (χ3n) is 10.0. The SMILES string of the molecule is [CH2-]CCc1c(F)ccc2cccc(-c3ncc4c(N5CCC[C@@](C)(N[C-]=O)C5)nc(OC[C@@]56CCCN5C[C@H](F)C6)nc4c3F)c12.[Mn+2]. The summed E-state index contributed by atoms with van der Waals surface area (Å²) in [5, 5.41) is 4.56. The number of hydrogen-bond donors (Lipinski definition) is 1. The number of piperidine rings is 1. The van der Waals surface area contributed by atoms with Gasteiger partial charge in [-0.1, -0.05) is 30.7 Å². The second-order valence-electron chi connectivity index (χ2n) is 13.2. The van der Waals surface area contributed by atoms with Crippen molar-refractivity contribution >= 4 is 33.9 Å². The number of benzene rings is 2. The fraction of sp³-hybridized carbons (Fsp3) is 0.457. The first kappa shape index (κ1) is 33.4. The molecular weight excluding hydrogens is 648 g/mol. The molecule has 3 atom stereocenters. The van der Waals surface area contributed by atoms with Crippen LogP contribution >= 0.6 is 0 Å². The molecule has 247 valence electrons. The molecule has 0 saturated carbocycles. The Morgan fingerprint density at radius 2 is 1.98 bits per heavy atom. The molecule has 0 unspecified atom stereocenters. The Morgan fingerprint density at radius 3 is 2.79 bits per heavy atom. The maximum absolute atomic E-state index is 16.9. The Labute approximate surface area is 282 Å². The average molecular weight is 686 g/mol. The zero-order valence-electron chi connectivity index (χ0n) is 26.3. The summed E-state index contributed by atoms with van der Waals surface area (Å²) >= 11 is 0. The van der Waals surface area contributed by atoms with Crippen LogP contribution in [0.15, 0.2) is 36.5 Å². The van der Waals surface area contributed by atoms with Gasteiger partial charge in [0, 0.05) is 43.4 Å². The van der Waals surface area contributed by atoms with Gasteiger partial charge in [-0.25, -0.2) is 13.2 Å². The summed E-state index contributed by atoms with van der Waals surface area (Å²) in [4.78, 5) is 29.4. The molecular formula is C35H37F3MnN6O2. The smallest absolute Gasteiger partial charge is 0.524 e. The molecule has 0 spiro atoms. The average Bonchev–Trinajstić information content (AvgIpc) is 3.57. The van der Waals surface area contributed by atoms with E-state index in [4.69, 9.17) is 9.72 Å². The van der Waals surface area contributed by atoms with Crippen LogP contribution in [0.25, 0.3) is 32.9 Å². The number of ether oxygens (including phenoxy) is 1. The number of aromatic nitrogens is 3. The molecule has 12 heteroatoms. The first-order valence-corrected chi connectivity index (χ1v) is 16.0.